The molecule has 1 heterocycles. The summed E-state index contributed by atoms with van der Waals surface area (Å²) in [5.41, 5.74) is 16.7. The maximum atomic E-state index is 5.35. The highest BCUT2D eigenvalue weighted by molar-refractivity contribution is 6.10. The van der Waals surface area contributed by atoms with Crippen LogP contribution in [0.2, 0.25) is 0 Å². The molecule has 10 aromatic carbocycles. The van der Waals surface area contributed by atoms with E-state index in [1.807, 2.05) is 6.07 Å². The summed E-state index contributed by atoms with van der Waals surface area (Å²) in [6.45, 7) is 0. The van der Waals surface area contributed by atoms with Crippen LogP contribution in [0.4, 0.5) is 0 Å². The molecule has 0 unspecified atom stereocenters. The fourth-order valence-corrected chi connectivity index (χ4v) is 10.2. The van der Waals surface area contributed by atoms with Crippen molar-refractivity contribution in [1.29, 1.82) is 0 Å². The lowest BCUT2D eigenvalue weighted by Crippen LogP contribution is -2.28. The van der Waals surface area contributed by atoms with Crippen molar-refractivity contribution < 1.29 is 0 Å². The van der Waals surface area contributed by atoms with Crippen LogP contribution in [-0.2, 0) is 5.41 Å². The lowest BCUT2D eigenvalue weighted by atomic mass is 9.66. The van der Waals surface area contributed by atoms with Gasteiger partial charge in [0, 0.05) is 16.7 Å². The molecule has 0 saturated carbocycles. The van der Waals surface area contributed by atoms with E-state index >= 15 is 0 Å². The van der Waals surface area contributed by atoms with Gasteiger partial charge in [-0.25, -0.2) is 9.97 Å². The Labute approximate surface area is 367 Å². The Morgan fingerprint density at radius 3 is 1.43 bits per heavy atom. The van der Waals surface area contributed by atoms with Crippen molar-refractivity contribution in [2.24, 2.45) is 0 Å². The van der Waals surface area contributed by atoms with Crippen LogP contribution in [0.25, 0.3) is 88.8 Å². The minimum Gasteiger partial charge on any atom is -0.228 e. The zero-order chi connectivity index (χ0) is 41.7. The van der Waals surface area contributed by atoms with Crippen molar-refractivity contribution in [3.8, 4) is 67.3 Å². The van der Waals surface area contributed by atoms with Crippen molar-refractivity contribution >= 4 is 21.5 Å². The number of aromatic nitrogens is 2. The van der Waals surface area contributed by atoms with Crippen molar-refractivity contribution in [1.82, 2.24) is 9.97 Å². The summed E-state index contributed by atoms with van der Waals surface area (Å²) < 4.78 is 0. The van der Waals surface area contributed by atoms with Crippen LogP contribution in [-0.4, -0.2) is 9.97 Å². The monoisotopic (exact) mass is 800 g/mol. The molecule has 0 saturated heterocycles. The van der Waals surface area contributed by atoms with Crippen LogP contribution in [0.5, 0.6) is 0 Å². The first-order valence-corrected chi connectivity index (χ1v) is 21.7. The van der Waals surface area contributed by atoms with E-state index in [1.165, 1.54) is 66.4 Å². The van der Waals surface area contributed by atoms with Crippen molar-refractivity contribution in [3.63, 3.8) is 0 Å². The van der Waals surface area contributed by atoms with E-state index in [1.54, 1.807) is 0 Å². The molecule has 1 aliphatic rings. The third-order valence-electron chi connectivity index (χ3n) is 13.0. The maximum absolute atomic E-state index is 5.35. The van der Waals surface area contributed by atoms with Gasteiger partial charge in [-0.2, -0.15) is 0 Å². The highest BCUT2D eigenvalue weighted by Crippen LogP contribution is 2.60. The number of hydrogen-bond donors (Lipinski definition) is 0. The van der Waals surface area contributed by atoms with Gasteiger partial charge in [0.05, 0.1) is 16.8 Å². The Bertz CT molecular complexity index is 3430. The van der Waals surface area contributed by atoms with Gasteiger partial charge in [-0.3, -0.25) is 0 Å². The highest BCUT2D eigenvalue weighted by Gasteiger charge is 2.48. The molecule has 0 bridgehead atoms. The van der Waals surface area contributed by atoms with E-state index in [0.717, 1.165) is 38.9 Å². The van der Waals surface area contributed by atoms with Crippen LogP contribution in [0, 0.1) is 0 Å². The molecule has 0 aliphatic heterocycles. The molecule has 1 aromatic heterocycles. The number of fused-ring (bicyclic) bond motifs is 6. The molecular formula is C61H40N2. The average Bonchev–Trinajstić information content (AvgIpc) is 3.69. The van der Waals surface area contributed by atoms with Crippen LogP contribution in [0.3, 0.4) is 0 Å². The predicted molar refractivity (Wildman–Crippen MR) is 262 cm³/mol. The first kappa shape index (κ1) is 36.6. The maximum Gasteiger partial charge on any atom is 0.161 e. The van der Waals surface area contributed by atoms with E-state index < -0.39 is 5.41 Å². The van der Waals surface area contributed by atoms with Gasteiger partial charge in [-0.15, -0.1) is 0 Å². The molecule has 0 atom stereocenters. The average molecular weight is 801 g/mol. The van der Waals surface area contributed by atoms with Gasteiger partial charge in [0.15, 0.2) is 5.82 Å². The van der Waals surface area contributed by atoms with Crippen molar-refractivity contribution in [2.75, 3.05) is 0 Å². The Morgan fingerprint density at radius 2 is 0.778 bits per heavy atom. The van der Waals surface area contributed by atoms with Gasteiger partial charge >= 0.3 is 0 Å². The van der Waals surface area contributed by atoms with Gasteiger partial charge in [-0.1, -0.05) is 231 Å². The lowest BCUT2D eigenvalue weighted by molar-refractivity contribution is 0.775. The van der Waals surface area contributed by atoms with Crippen LogP contribution in [0.15, 0.2) is 243 Å². The Kier molecular flexibility index (Phi) is 8.76. The third kappa shape index (κ3) is 5.95. The second-order valence-corrected chi connectivity index (χ2v) is 16.4. The van der Waals surface area contributed by atoms with Gasteiger partial charge in [0.2, 0.25) is 0 Å². The fourth-order valence-electron chi connectivity index (χ4n) is 10.2. The van der Waals surface area contributed by atoms with Crippen LogP contribution in [0.1, 0.15) is 22.3 Å². The second kappa shape index (κ2) is 15.1. The topological polar surface area (TPSA) is 25.8 Å². The molecule has 11 aromatic rings. The summed E-state index contributed by atoms with van der Waals surface area (Å²) in [4.78, 5) is 10.7. The molecule has 1 aliphatic carbocycles. The largest absolute Gasteiger partial charge is 0.228 e. The quantitative estimate of drug-likeness (QED) is 0.160. The Morgan fingerprint density at radius 1 is 0.302 bits per heavy atom. The van der Waals surface area contributed by atoms with E-state index in [-0.39, 0.29) is 0 Å². The molecule has 294 valence electrons. The summed E-state index contributed by atoms with van der Waals surface area (Å²) in [6.07, 6.45) is 0. The van der Waals surface area contributed by atoms with Gasteiger partial charge in [-0.05, 0) is 89.3 Å². The molecule has 0 amide bonds. The Hall–Kier alpha value is -8.20. The van der Waals surface area contributed by atoms with Gasteiger partial charge < -0.3 is 0 Å². The molecule has 0 fully saturated rings. The third-order valence-corrected chi connectivity index (χ3v) is 13.0. The normalized spacial score (nSPS) is 12.6. The van der Waals surface area contributed by atoms with E-state index in [9.17, 15) is 0 Å². The lowest BCUT2D eigenvalue weighted by Gasteiger charge is -2.34. The summed E-state index contributed by atoms with van der Waals surface area (Å²) in [5.74, 6) is 0.698. The van der Waals surface area contributed by atoms with Crippen LogP contribution < -0.4 is 0 Å². The standard InChI is InChI=1S/C61H40N2/c1-5-18-41(19-6-1)42-32-34-45(35-33-42)57-40-56(44-21-7-2-8-22-44)62-60(63-57)53-39-38-51(49-28-15-16-29-50(49)53)52-30-17-31-55-58(52)54-37-36-43-20-13-14-27-48(43)59(54)61(55,46-23-9-3-10-24-46)47-25-11-4-12-26-47/h1-40H. The van der Waals surface area contributed by atoms with Crippen molar-refractivity contribution in [3.05, 3.63) is 265 Å². The molecule has 0 spiro atoms. The van der Waals surface area contributed by atoms with E-state index in [0.29, 0.717) is 5.82 Å². The molecule has 2 nitrogen and oxygen atoms in total. The SMILES string of the molecule is c1ccc(-c2ccc(-c3cc(-c4ccccc4)nc(-c4ccc(-c5cccc6c5-c5ccc7ccccc7c5C6(c5ccccc5)c5ccccc5)c5ccccc45)n3)cc2)cc1. The number of rotatable bonds is 7. The summed E-state index contributed by atoms with van der Waals surface area (Å²) in [5, 5.41) is 4.77. The van der Waals surface area contributed by atoms with Gasteiger partial charge in [0.25, 0.3) is 0 Å². The number of benzene rings is 10. The molecule has 0 N–H and O–H groups in total. The zero-order valence-electron chi connectivity index (χ0n) is 34.5. The predicted octanol–water partition coefficient (Wildman–Crippen LogP) is 15.5. The highest BCUT2D eigenvalue weighted by atomic mass is 14.9. The molecule has 12 rings (SSSR count). The molecular weight excluding hydrogens is 761 g/mol. The molecule has 0 radical (unpaired) electrons. The van der Waals surface area contributed by atoms with Crippen LogP contribution >= 0.6 is 0 Å². The summed E-state index contributed by atoms with van der Waals surface area (Å²) in [7, 11) is 0. The number of hydrogen-bond acceptors (Lipinski definition) is 2. The first-order valence-electron chi connectivity index (χ1n) is 21.7. The molecule has 2 heteroatoms. The minimum atomic E-state index is -0.540. The van der Waals surface area contributed by atoms with E-state index in [2.05, 4.69) is 237 Å². The summed E-state index contributed by atoms with van der Waals surface area (Å²) in [6, 6.07) is 87.7. The van der Waals surface area contributed by atoms with Crippen molar-refractivity contribution in [2.45, 2.75) is 5.41 Å². The smallest absolute Gasteiger partial charge is 0.161 e. The first-order chi connectivity index (χ1) is 31.3. The molecule has 63 heavy (non-hydrogen) atoms. The van der Waals surface area contributed by atoms with Gasteiger partial charge in [0.1, 0.15) is 0 Å². The number of nitrogens with zero attached hydrogens (tertiary/aromatic N) is 2. The van der Waals surface area contributed by atoms with E-state index in [4.69, 9.17) is 9.97 Å². The minimum absolute atomic E-state index is 0.540. The summed E-state index contributed by atoms with van der Waals surface area (Å²) >= 11 is 0. The zero-order valence-corrected chi connectivity index (χ0v) is 34.5. The Balaban J connectivity index is 1.08. The fraction of sp³-hybridized carbons (Fsp3) is 0.0164. The second-order valence-electron chi connectivity index (χ2n) is 16.4.